The highest BCUT2D eigenvalue weighted by Crippen LogP contribution is 2.36. The van der Waals surface area contributed by atoms with Crippen LogP contribution in [0.2, 0.25) is 0 Å². The number of nitrogens with one attached hydrogen (secondary N) is 6. The third-order valence-corrected chi connectivity index (χ3v) is 11.3. The number of pyridine rings is 2. The van der Waals surface area contributed by atoms with Gasteiger partial charge in [0.15, 0.2) is 9.84 Å². The van der Waals surface area contributed by atoms with Crippen LogP contribution in [0.1, 0.15) is 57.6 Å². The Hall–Kier alpha value is -8.39. The predicted octanol–water partition coefficient (Wildman–Crippen LogP) is 10.0. The van der Waals surface area contributed by atoms with E-state index in [2.05, 4.69) is 41.9 Å². The quantitative estimate of drug-likeness (QED) is 0.0396. The van der Waals surface area contributed by atoms with E-state index in [0.717, 1.165) is 36.9 Å². The van der Waals surface area contributed by atoms with Crippen molar-refractivity contribution >= 4 is 62.8 Å². The summed E-state index contributed by atoms with van der Waals surface area (Å²) in [6, 6.07) is 23.2. The molecular weight excluding hydrogens is 1040 g/mol. The zero-order valence-corrected chi connectivity index (χ0v) is 41.2. The summed E-state index contributed by atoms with van der Waals surface area (Å²) in [6.45, 7) is 1.23. The molecule has 0 fully saturated rings. The van der Waals surface area contributed by atoms with Crippen LogP contribution in [0.4, 0.5) is 47.3 Å². The largest absolute Gasteiger partial charge is 0.481 e. The fourth-order valence-corrected chi connectivity index (χ4v) is 7.24. The van der Waals surface area contributed by atoms with Crippen LogP contribution < -0.4 is 41.4 Å². The smallest absolute Gasteiger partial charge is 0.416 e. The average molecular weight is 1090 g/mol. The molecule has 4 aromatic carbocycles. The summed E-state index contributed by atoms with van der Waals surface area (Å²) in [5.41, 5.74) is -0.564. The number of rotatable bonds is 14. The van der Waals surface area contributed by atoms with Gasteiger partial charge in [-0.3, -0.25) is 24.4 Å². The second-order valence-electron chi connectivity index (χ2n) is 14.9. The molecule has 0 bridgehead atoms. The fourth-order valence-electron chi connectivity index (χ4n) is 5.88. The van der Waals surface area contributed by atoms with E-state index in [-0.39, 0.29) is 49.4 Å². The van der Waals surface area contributed by atoms with Crippen LogP contribution in [0.15, 0.2) is 131 Å². The summed E-state index contributed by atoms with van der Waals surface area (Å²) in [7, 11) is -0.911. The van der Waals surface area contributed by atoms with Gasteiger partial charge in [-0.1, -0.05) is 31.7 Å². The van der Waals surface area contributed by atoms with Crippen molar-refractivity contribution in [1.29, 1.82) is 0 Å². The molecule has 6 aromatic rings. The SMILES string of the molecule is C.CC(=O)O.CNC(=O)c1cc(Oc2ccc(CNC(=O)Nc3cc(C(F)(F)F)ccc3S(C)(=O)=O)cc2)ccn1.CNC(=O)c1cc(Oc2ccc(CNC(=O)Nc3cc(C(F)(F)F)ccc3SC)cc2)ccn1. The molecule has 0 saturated heterocycles. The average Bonchev–Trinajstić information content (AvgIpc) is 3.34. The zero-order chi connectivity index (χ0) is 54.8. The number of alkyl halides is 6. The van der Waals surface area contributed by atoms with Gasteiger partial charge in [0.2, 0.25) is 0 Å². The van der Waals surface area contributed by atoms with Crippen molar-refractivity contribution in [2.75, 3.05) is 37.2 Å². The van der Waals surface area contributed by atoms with E-state index in [4.69, 9.17) is 19.4 Å². The molecule has 0 aliphatic carbocycles. The molecule has 6 rings (SSSR count). The normalized spacial score (nSPS) is 10.8. The van der Waals surface area contributed by atoms with Crippen molar-refractivity contribution in [3.8, 4) is 23.0 Å². The molecule has 18 nitrogen and oxygen atoms in total. The Labute approximate surface area is 431 Å². The molecule has 0 saturated carbocycles. The van der Waals surface area contributed by atoms with Crippen molar-refractivity contribution in [2.45, 2.75) is 49.6 Å². The molecular formula is C49H50F6N8O10S2. The highest BCUT2D eigenvalue weighted by molar-refractivity contribution is 7.98. The maximum Gasteiger partial charge on any atom is 0.416 e. The molecule has 6 amide bonds. The number of carbonyl (C=O) groups excluding carboxylic acids is 4. The third kappa shape index (κ3) is 19.9. The lowest BCUT2D eigenvalue weighted by molar-refractivity contribution is -0.138. The van der Waals surface area contributed by atoms with Crippen molar-refractivity contribution in [1.82, 2.24) is 31.2 Å². The second-order valence-corrected chi connectivity index (χ2v) is 17.8. The lowest BCUT2D eigenvalue weighted by atomic mass is 10.2. The summed E-state index contributed by atoms with van der Waals surface area (Å²) in [6.07, 6.45) is -3.80. The Bertz CT molecular complexity index is 3050. The van der Waals surface area contributed by atoms with E-state index < -0.39 is 61.9 Å². The monoisotopic (exact) mass is 1090 g/mol. The second kappa shape index (κ2) is 27.6. The zero-order valence-electron chi connectivity index (χ0n) is 39.6. The van der Waals surface area contributed by atoms with Crippen molar-refractivity contribution in [3.05, 3.63) is 155 Å². The topological polar surface area (TPSA) is 256 Å². The molecule has 0 aliphatic heterocycles. The Balaban J connectivity index is 0.000000365. The molecule has 400 valence electrons. The molecule has 2 heterocycles. The summed E-state index contributed by atoms with van der Waals surface area (Å²) < 4.78 is 113. The van der Waals surface area contributed by atoms with E-state index >= 15 is 0 Å². The molecule has 0 aliphatic rings. The number of halogens is 6. The van der Waals surface area contributed by atoms with Gasteiger partial charge < -0.3 is 46.5 Å². The number of amides is 6. The van der Waals surface area contributed by atoms with E-state index in [1.54, 1.807) is 66.9 Å². The minimum absolute atomic E-state index is 0. The minimum Gasteiger partial charge on any atom is -0.481 e. The number of urea groups is 2. The maximum atomic E-state index is 13.0. The van der Waals surface area contributed by atoms with Crippen LogP contribution in [0.3, 0.4) is 0 Å². The van der Waals surface area contributed by atoms with Gasteiger partial charge in [0.05, 0.1) is 27.4 Å². The Morgan fingerprint density at radius 1 is 0.600 bits per heavy atom. The van der Waals surface area contributed by atoms with Crippen LogP contribution in [0, 0.1) is 0 Å². The number of carboxylic acid groups (broad SMARTS) is 1. The molecule has 26 heteroatoms. The van der Waals surface area contributed by atoms with Gasteiger partial charge in [0, 0.05) is 69.8 Å². The number of benzene rings is 4. The van der Waals surface area contributed by atoms with E-state index in [9.17, 15) is 53.9 Å². The van der Waals surface area contributed by atoms with Crippen molar-refractivity contribution < 1.29 is 73.3 Å². The highest BCUT2D eigenvalue weighted by Gasteiger charge is 2.33. The van der Waals surface area contributed by atoms with E-state index in [1.807, 2.05) is 0 Å². The van der Waals surface area contributed by atoms with Gasteiger partial charge >= 0.3 is 24.4 Å². The first kappa shape index (κ1) is 60.9. The number of anilines is 2. The van der Waals surface area contributed by atoms with Crippen LogP contribution >= 0.6 is 11.8 Å². The first-order chi connectivity index (χ1) is 34.8. The lowest BCUT2D eigenvalue weighted by Crippen LogP contribution is -2.29. The third-order valence-electron chi connectivity index (χ3n) is 9.34. The fraction of sp³-hybridized carbons (Fsp3) is 0.204. The van der Waals surface area contributed by atoms with Gasteiger partial charge in [0.1, 0.15) is 34.4 Å². The van der Waals surface area contributed by atoms with E-state index in [0.29, 0.717) is 45.6 Å². The standard InChI is InChI=1S/C23H21F3N4O5S.C23H21F3N4O3S.C2H4O2.CH4/c1-27-21(31)19-12-17(9-10-28-19)35-16-6-3-14(4-7-16)13-29-22(32)30-18-11-15(23(24,25)26)5-8-20(18)36(2,33)34;1-27-21(31)19-12-17(9-10-28-19)33-16-6-3-14(4-7-16)13-29-22(32)30-18-11-15(23(24,25)26)5-8-20(18)34-2;1-2(3)4;/h3-12H,13H2,1-2H3,(H,27,31)(H2,29,30,32);3-12H,13H2,1-2H3,(H,27,31)(H2,29,30,32);1H3,(H,3,4);1H4. The molecule has 0 spiro atoms. The number of aliphatic carboxylic acids is 1. The van der Waals surface area contributed by atoms with Crippen LogP contribution in [0.5, 0.6) is 23.0 Å². The molecule has 0 atom stereocenters. The van der Waals surface area contributed by atoms with Gasteiger partial charge in [-0.25, -0.2) is 18.0 Å². The Kier molecular flexibility index (Phi) is 22.4. The number of hydrogen-bond acceptors (Lipinski definition) is 12. The number of carboxylic acids is 1. The predicted molar refractivity (Wildman–Crippen MR) is 268 cm³/mol. The van der Waals surface area contributed by atoms with Crippen molar-refractivity contribution in [3.63, 3.8) is 0 Å². The minimum atomic E-state index is -4.72. The lowest BCUT2D eigenvalue weighted by Gasteiger charge is -2.14. The molecule has 2 aromatic heterocycles. The van der Waals surface area contributed by atoms with Gasteiger partial charge in [-0.15, -0.1) is 11.8 Å². The maximum absolute atomic E-state index is 13.0. The van der Waals surface area contributed by atoms with Gasteiger partial charge in [-0.2, -0.15) is 26.3 Å². The number of carbonyl (C=O) groups is 5. The van der Waals surface area contributed by atoms with Crippen LogP contribution in [-0.4, -0.2) is 79.9 Å². The van der Waals surface area contributed by atoms with Gasteiger partial charge in [0.25, 0.3) is 17.8 Å². The van der Waals surface area contributed by atoms with E-state index in [1.165, 1.54) is 56.5 Å². The molecule has 0 radical (unpaired) electrons. The number of thioether (sulfide) groups is 1. The van der Waals surface area contributed by atoms with Gasteiger partial charge in [-0.05, 0) is 90.2 Å². The van der Waals surface area contributed by atoms with Crippen molar-refractivity contribution in [2.24, 2.45) is 0 Å². The molecule has 7 N–H and O–H groups in total. The first-order valence-corrected chi connectivity index (χ1v) is 24.3. The summed E-state index contributed by atoms with van der Waals surface area (Å²) in [4.78, 5) is 64.9. The number of ether oxygens (including phenoxy) is 2. The first-order valence-electron chi connectivity index (χ1n) is 21.1. The molecule has 0 unspecified atom stereocenters. The number of aromatic nitrogens is 2. The van der Waals surface area contributed by atoms with Crippen LogP contribution in [0.25, 0.3) is 0 Å². The summed E-state index contributed by atoms with van der Waals surface area (Å²) >= 11 is 1.23. The number of sulfone groups is 1. The summed E-state index contributed by atoms with van der Waals surface area (Å²) in [5.74, 6) is 0.241. The highest BCUT2D eigenvalue weighted by atomic mass is 32.2. The number of hydrogen-bond donors (Lipinski definition) is 7. The molecule has 75 heavy (non-hydrogen) atoms. The summed E-state index contributed by atoms with van der Waals surface area (Å²) in [5, 5.41) is 22.1. The van der Waals surface area contributed by atoms with Crippen LogP contribution in [-0.2, 0) is 40.1 Å². The Morgan fingerprint density at radius 3 is 1.36 bits per heavy atom. The Morgan fingerprint density at radius 2 is 0.987 bits per heavy atom. The number of nitrogens with zero attached hydrogens (tertiary/aromatic N) is 2.